The van der Waals surface area contributed by atoms with Crippen molar-refractivity contribution in [3.05, 3.63) is 0 Å². The van der Waals surface area contributed by atoms with E-state index in [-0.39, 0.29) is 0 Å². The molecule has 53 valence electrons. The van der Waals surface area contributed by atoms with Crippen LogP contribution in [-0.2, 0) is 0 Å². The van der Waals surface area contributed by atoms with Crippen LogP contribution in [-0.4, -0.2) is 13.1 Å². The molecule has 0 aliphatic heterocycles. The van der Waals surface area contributed by atoms with E-state index in [0.29, 0.717) is 0 Å². The minimum Gasteiger partial charge on any atom is -0.242 e. The highest BCUT2D eigenvalue weighted by Crippen LogP contribution is 2.27. The standard InChI is InChI=1S/C8H16N/c1-2-3-6-9-7-8-4-5-8/h8H,2-7H2,1H3. The van der Waals surface area contributed by atoms with Crippen LogP contribution in [0.1, 0.15) is 32.6 Å². The maximum atomic E-state index is 4.42. The second kappa shape index (κ2) is 3.89. The average Bonchev–Trinajstić information content (AvgIpc) is 2.63. The fraction of sp³-hybridized carbons (Fsp3) is 1.00. The second-order valence-electron chi connectivity index (χ2n) is 2.93. The average molecular weight is 126 g/mol. The number of unbranched alkanes of at least 4 members (excludes halogenated alkanes) is 1. The molecule has 1 fully saturated rings. The maximum Gasteiger partial charge on any atom is 0.0161 e. The Morgan fingerprint density at radius 2 is 2.22 bits per heavy atom. The van der Waals surface area contributed by atoms with E-state index in [2.05, 4.69) is 12.2 Å². The van der Waals surface area contributed by atoms with Crippen molar-refractivity contribution >= 4 is 0 Å². The van der Waals surface area contributed by atoms with Crippen molar-refractivity contribution in [3.63, 3.8) is 0 Å². The lowest BCUT2D eigenvalue weighted by atomic mass is 10.3. The van der Waals surface area contributed by atoms with Gasteiger partial charge in [-0.3, -0.25) is 0 Å². The van der Waals surface area contributed by atoms with Gasteiger partial charge < -0.3 is 0 Å². The molecule has 1 saturated carbocycles. The highest BCUT2D eigenvalue weighted by molar-refractivity contribution is 4.74. The minimum atomic E-state index is 0.988. The van der Waals surface area contributed by atoms with Crippen LogP contribution >= 0.6 is 0 Å². The second-order valence-corrected chi connectivity index (χ2v) is 2.93. The van der Waals surface area contributed by atoms with Gasteiger partial charge in [-0.15, -0.1) is 0 Å². The minimum absolute atomic E-state index is 0.988. The van der Waals surface area contributed by atoms with Crippen LogP contribution < -0.4 is 5.32 Å². The summed E-state index contributed by atoms with van der Waals surface area (Å²) in [4.78, 5) is 0. The first-order chi connectivity index (χ1) is 4.43. The van der Waals surface area contributed by atoms with Crippen molar-refractivity contribution < 1.29 is 0 Å². The zero-order valence-corrected chi connectivity index (χ0v) is 6.27. The normalized spacial score (nSPS) is 18.3. The Morgan fingerprint density at radius 1 is 1.44 bits per heavy atom. The summed E-state index contributed by atoms with van der Waals surface area (Å²) in [5, 5.41) is 4.42. The van der Waals surface area contributed by atoms with Crippen molar-refractivity contribution in [1.82, 2.24) is 5.32 Å². The van der Waals surface area contributed by atoms with Gasteiger partial charge in [-0.1, -0.05) is 13.3 Å². The first-order valence-corrected chi connectivity index (χ1v) is 4.06. The molecule has 0 heterocycles. The van der Waals surface area contributed by atoms with Gasteiger partial charge in [-0.2, -0.15) is 0 Å². The zero-order valence-electron chi connectivity index (χ0n) is 6.27. The third-order valence-electron chi connectivity index (χ3n) is 1.75. The summed E-state index contributed by atoms with van der Waals surface area (Å²) in [5.41, 5.74) is 0. The SMILES string of the molecule is CCCC[N]CC1CC1. The predicted molar refractivity (Wildman–Crippen MR) is 39.5 cm³/mol. The summed E-state index contributed by atoms with van der Waals surface area (Å²) in [7, 11) is 0. The molecule has 1 rings (SSSR count). The fourth-order valence-corrected chi connectivity index (χ4v) is 0.844. The Hall–Kier alpha value is -0.0400. The van der Waals surface area contributed by atoms with Gasteiger partial charge in [0.15, 0.2) is 0 Å². The van der Waals surface area contributed by atoms with Gasteiger partial charge >= 0.3 is 0 Å². The summed E-state index contributed by atoms with van der Waals surface area (Å²) in [6.45, 7) is 4.47. The van der Waals surface area contributed by atoms with E-state index in [4.69, 9.17) is 0 Å². The van der Waals surface area contributed by atoms with Crippen molar-refractivity contribution in [2.45, 2.75) is 32.6 Å². The smallest absolute Gasteiger partial charge is 0.0161 e. The highest BCUT2D eigenvalue weighted by Gasteiger charge is 2.20. The topological polar surface area (TPSA) is 14.1 Å². The Bertz CT molecular complexity index is 67.0. The molecule has 1 nitrogen and oxygen atoms in total. The molecule has 1 aliphatic rings. The summed E-state index contributed by atoms with van der Waals surface area (Å²) in [6, 6.07) is 0. The number of rotatable bonds is 5. The molecule has 9 heavy (non-hydrogen) atoms. The maximum absolute atomic E-state index is 4.42. The quantitative estimate of drug-likeness (QED) is 0.499. The van der Waals surface area contributed by atoms with E-state index in [1.165, 1.54) is 25.7 Å². The van der Waals surface area contributed by atoms with Crippen LogP contribution in [0.2, 0.25) is 0 Å². The van der Waals surface area contributed by atoms with Crippen molar-refractivity contribution in [2.75, 3.05) is 13.1 Å². The van der Waals surface area contributed by atoms with Crippen LogP contribution in [0.3, 0.4) is 0 Å². The summed E-state index contributed by atoms with van der Waals surface area (Å²) in [5.74, 6) is 0.988. The first kappa shape index (κ1) is 7.07. The van der Waals surface area contributed by atoms with Crippen LogP contribution in [0.4, 0.5) is 0 Å². The molecule has 1 aliphatic carbocycles. The van der Waals surface area contributed by atoms with E-state index in [1.807, 2.05) is 0 Å². The van der Waals surface area contributed by atoms with Gasteiger partial charge in [0.25, 0.3) is 0 Å². The number of nitrogens with zero attached hydrogens (tertiary/aromatic N) is 1. The zero-order chi connectivity index (χ0) is 6.53. The molecule has 0 aromatic rings. The number of hydrogen-bond donors (Lipinski definition) is 0. The Labute approximate surface area is 57.8 Å². The Kier molecular flexibility index (Phi) is 3.05. The Balaban J connectivity index is 1.71. The lowest BCUT2D eigenvalue weighted by Gasteiger charge is -1.96. The number of hydrogen-bond acceptors (Lipinski definition) is 0. The third kappa shape index (κ3) is 3.52. The molecule has 0 aromatic carbocycles. The van der Waals surface area contributed by atoms with E-state index in [0.717, 1.165) is 19.0 Å². The predicted octanol–water partition coefficient (Wildman–Crippen LogP) is 1.80. The molecule has 1 radical (unpaired) electrons. The monoisotopic (exact) mass is 126 g/mol. The molecule has 0 spiro atoms. The molecule has 0 saturated heterocycles. The molecule has 0 N–H and O–H groups in total. The van der Waals surface area contributed by atoms with E-state index >= 15 is 0 Å². The van der Waals surface area contributed by atoms with Gasteiger partial charge in [-0.05, 0) is 25.2 Å². The molecular weight excluding hydrogens is 110 g/mol. The lowest BCUT2D eigenvalue weighted by Crippen LogP contribution is -2.09. The molecule has 1 heteroatoms. The Morgan fingerprint density at radius 3 is 2.78 bits per heavy atom. The van der Waals surface area contributed by atoms with Crippen molar-refractivity contribution in [1.29, 1.82) is 0 Å². The van der Waals surface area contributed by atoms with Crippen molar-refractivity contribution in [2.24, 2.45) is 5.92 Å². The molecule has 0 aromatic heterocycles. The highest BCUT2D eigenvalue weighted by atomic mass is 14.9. The van der Waals surface area contributed by atoms with Gasteiger partial charge in [0.05, 0.1) is 0 Å². The summed E-state index contributed by atoms with van der Waals surface area (Å²) >= 11 is 0. The molecule has 0 amide bonds. The van der Waals surface area contributed by atoms with Crippen molar-refractivity contribution in [3.8, 4) is 0 Å². The van der Waals surface area contributed by atoms with Crippen LogP contribution in [0.15, 0.2) is 0 Å². The molecule has 0 atom stereocenters. The van der Waals surface area contributed by atoms with Gasteiger partial charge in [0.2, 0.25) is 0 Å². The lowest BCUT2D eigenvalue weighted by molar-refractivity contribution is 0.597. The van der Waals surface area contributed by atoms with E-state index in [1.54, 1.807) is 0 Å². The third-order valence-corrected chi connectivity index (χ3v) is 1.75. The van der Waals surface area contributed by atoms with Gasteiger partial charge in [0.1, 0.15) is 0 Å². The first-order valence-electron chi connectivity index (χ1n) is 4.06. The van der Waals surface area contributed by atoms with Gasteiger partial charge in [0, 0.05) is 13.1 Å². The van der Waals surface area contributed by atoms with Crippen LogP contribution in [0, 0.1) is 5.92 Å². The molecular formula is C8H16N. The van der Waals surface area contributed by atoms with Crippen LogP contribution in [0.5, 0.6) is 0 Å². The van der Waals surface area contributed by atoms with E-state index < -0.39 is 0 Å². The largest absolute Gasteiger partial charge is 0.242 e. The fourth-order valence-electron chi connectivity index (χ4n) is 0.844. The summed E-state index contributed by atoms with van der Waals surface area (Å²) in [6.07, 6.45) is 5.45. The summed E-state index contributed by atoms with van der Waals surface area (Å²) < 4.78 is 0. The van der Waals surface area contributed by atoms with Gasteiger partial charge in [-0.25, -0.2) is 5.32 Å². The van der Waals surface area contributed by atoms with Crippen LogP contribution in [0.25, 0.3) is 0 Å². The molecule has 0 unspecified atom stereocenters. The molecule has 0 bridgehead atoms. The van der Waals surface area contributed by atoms with E-state index in [9.17, 15) is 0 Å².